The van der Waals surface area contributed by atoms with E-state index in [4.69, 9.17) is 16.3 Å². The van der Waals surface area contributed by atoms with E-state index >= 15 is 0 Å². The number of nitrogens with one attached hydrogen (secondary N) is 1. The van der Waals surface area contributed by atoms with Gasteiger partial charge in [-0.1, -0.05) is 54.1 Å². The molecule has 3 aromatic rings. The largest absolute Gasteiger partial charge is 0.488 e. The van der Waals surface area contributed by atoms with Crippen LogP contribution in [0.2, 0.25) is 5.02 Å². The van der Waals surface area contributed by atoms with Crippen LogP contribution in [0.4, 0.5) is 10.5 Å². The summed E-state index contributed by atoms with van der Waals surface area (Å²) in [5, 5.41) is 2.98. The van der Waals surface area contributed by atoms with Gasteiger partial charge in [0.05, 0.1) is 5.69 Å². The van der Waals surface area contributed by atoms with Gasteiger partial charge in [0.2, 0.25) is 0 Å². The van der Waals surface area contributed by atoms with Gasteiger partial charge in [-0.05, 0) is 109 Å². The molecule has 0 radical (unpaired) electrons. The Bertz CT molecular complexity index is 1530. The number of amides is 4. The number of anilines is 1. The zero-order valence-electron chi connectivity index (χ0n) is 22.6. The van der Waals surface area contributed by atoms with Crippen molar-refractivity contribution in [3.63, 3.8) is 0 Å². The molecular formula is C34H31ClN2O4. The van der Waals surface area contributed by atoms with Crippen LogP contribution in [-0.2, 0) is 21.6 Å². The number of carbonyl (C=O) groups is 3. The molecule has 41 heavy (non-hydrogen) atoms. The topological polar surface area (TPSA) is 75.7 Å². The fraction of sp³-hybridized carbons (Fsp3) is 0.324. The molecule has 0 unspecified atom stereocenters. The zero-order valence-corrected chi connectivity index (χ0v) is 23.4. The predicted molar refractivity (Wildman–Crippen MR) is 158 cm³/mol. The van der Waals surface area contributed by atoms with Gasteiger partial charge in [-0.25, -0.2) is 9.69 Å². The standard InChI is InChI=1S/C34H31ClN2O4/c35-27-9-5-21(6-10-27)20-41-30-4-2-1-3-25(30)16-29-31(38)36-33(40)37(32(29)39)28-11-7-26(8-12-28)34-17-22-13-23(18-34)15-24(14-22)19-34/h1-12,16,22-24H,13-15,17-20H2,(H,36,38,40)/b29-16+. The number of para-hydroxylation sites is 1. The summed E-state index contributed by atoms with van der Waals surface area (Å²) in [4.78, 5) is 40.4. The van der Waals surface area contributed by atoms with E-state index in [1.807, 2.05) is 30.3 Å². The van der Waals surface area contributed by atoms with Gasteiger partial charge in [-0.15, -0.1) is 0 Å². The maximum Gasteiger partial charge on any atom is 0.335 e. The van der Waals surface area contributed by atoms with Crippen LogP contribution in [0.5, 0.6) is 5.75 Å². The third kappa shape index (κ3) is 4.84. The number of imide groups is 2. The number of hydrogen-bond acceptors (Lipinski definition) is 4. The van der Waals surface area contributed by atoms with Crippen molar-refractivity contribution >= 4 is 41.2 Å². The summed E-state index contributed by atoms with van der Waals surface area (Å²) >= 11 is 5.98. The van der Waals surface area contributed by atoms with E-state index in [-0.39, 0.29) is 17.6 Å². The van der Waals surface area contributed by atoms with Gasteiger partial charge in [0, 0.05) is 10.6 Å². The first-order chi connectivity index (χ1) is 19.9. The molecule has 1 heterocycles. The Labute approximate surface area is 244 Å². The van der Waals surface area contributed by atoms with Gasteiger partial charge < -0.3 is 4.74 Å². The van der Waals surface area contributed by atoms with Crippen molar-refractivity contribution in [2.45, 2.75) is 50.5 Å². The lowest BCUT2D eigenvalue weighted by Crippen LogP contribution is -2.54. The molecule has 0 aromatic heterocycles. The Hall–Kier alpha value is -3.90. The van der Waals surface area contributed by atoms with E-state index in [0.29, 0.717) is 22.0 Å². The van der Waals surface area contributed by atoms with Gasteiger partial charge in [-0.2, -0.15) is 0 Å². The summed E-state index contributed by atoms with van der Waals surface area (Å²) < 4.78 is 6.01. The average Bonchev–Trinajstić information content (AvgIpc) is 2.95. The monoisotopic (exact) mass is 566 g/mol. The van der Waals surface area contributed by atoms with Crippen LogP contribution in [0.3, 0.4) is 0 Å². The second-order valence-corrected chi connectivity index (χ2v) is 12.6. The Balaban J connectivity index is 1.13. The van der Waals surface area contributed by atoms with Crippen molar-refractivity contribution in [2.75, 3.05) is 4.90 Å². The Morgan fingerprint density at radius 3 is 2.15 bits per heavy atom. The van der Waals surface area contributed by atoms with Crippen LogP contribution >= 0.6 is 11.6 Å². The van der Waals surface area contributed by atoms with Gasteiger partial charge >= 0.3 is 6.03 Å². The molecule has 1 aliphatic heterocycles. The summed E-state index contributed by atoms with van der Waals surface area (Å²) in [6, 6.07) is 21.6. The highest BCUT2D eigenvalue weighted by Crippen LogP contribution is 2.60. The Morgan fingerprint density at radius 2 is 1.49 bits per heavy atom. The average molecular weight is 567 g/mol. The van der Waals surface area contributed by atoms with Crippen LogP contribution in [0.25, 0.3) is 6.08 Å². The predicted octanol–water partition coefficient (Wildman–Crippen LogP) is 7.05. The number of benzene rings is 3. The minimum absolute atomic E-state index is 0.127. The summed E-state index contributed by atoms with van der Waals surface area (Å²) in [5.74, 6) is 1.60. The van der Waals surface area contributed by atoms with Crippen LogP contribution < -0.4 is 15.0 Å². The molecule has 1 N–H and O–H groups in total. The molecule has 1 saturated heterocycles. The molecule has 4 saturated carbocycles. The van der Waals surface area contributed by atoms with Crippen molar-refractivity contribution in [1.29, 1.82) is 0 Å². The maximum absolute atomic E-state index is 13.6. The summed E-state index contributed by atoms with van der Waals surface area (Å²) in [6.45, 7) is 0.290. The van der Waals surface area contributed by atoms with Crippen molar-refractivity contribution in [3.8, 4) is 5.75 Å². The van der Waals surface area contributed by atoms with E-state index in [9.17, 15) is 14.4 Å². The molecule has 0 atom stereocenters. The molecule has 7 heteroatoms. The number of hydrogen-bond donors (Lipinski definition) is 1. The highest BCUT2D eigenvalue weighted by Gasteiger charge is 2.51. The Kier molecular flexibility index (Phi) is 6.46. The minimum atomic E-state index is -0.744. The summed E-state index contributed by atoms with van der Waals surface area (Å²) in [7, 11) is 0. The number of halogens is 1. The molecule has 6 nitrogen and oxygen atoms in total. The lowest BCUT2D eigenvalue weighted by Gasteiger charge is -2.57. The van der Waals surface area contributed by atoms with Crippen LogP contribution in [-0.4, -0.2) is 17.8 Å². The smallest absolute Gasteiger partial charge is 0.335 e. The zero-order chi connectivity index (χ0) is 28.1. The Morgan fingerprint density at radius 1 is 0.854 bits per heavy atom. The molecule has 5 aliphatic rings. The van der Waals surface area contributed by atoms with Crippen molar-refractivity contribution < 1.29 is 19.1 Å². The number of nitrogens with zero attached hydrogens (tertiary/aromatic N) is 1. The number of carbonyl (C=O) groups excluding carboxylic acids is 3. The molecule has 4 amide bonds. The molecule has 8 rings (SSSR count). The van der Waals surface area contributed by atoms with Gasteiger partial charge in [0.15, 0.2) is 0 Å². The quantitative estimate of drug-likeness (QED) is 0.256. The van der Waals surface area contributed by atoms with E-state index in [2.05, 4.69) is 17.4 Å². The highest BCUT2D eigenvalue weighted by molar-refractivity contribution is 6.39. The lowest BCUT2D eigenvalue weighted by molar-refractivity contribution is -0.122. The minimum Gasteiger partial charge on any atom is -0.488 e. The van der Waals surface area contributed by atoms with Crippen LogP contribution in [0.1, 0.15) is 55.2 Å². The first kappa shape index (κ1) is 26.0. The fourth-order valence-corrected chi connectivity index (χ4v) is 8.07. The molecular weight excluding hydrogens is 536 g/mol. The molecule has 0 spiro atoms. The normalized spacial score (nSPS) is 27.8. The number of rotatable bonds is 6. The van der Waals surface area contributed by atoms with Crippen LogP contribution in [0, 0.1) is 17.8 Å². The number of urea groups is 1. The second-order valence-electron chi connectivity index (χ2n) is 12.2. The fourth-order valence-electron chi connectivity index (χ4n) is 7.95. The molecule has 3 aromatic carbocycles. The van der Waals surface area contributed by atoms with Gasteiger partial charge in [0.25, 0.3) is 11.8 Å². The first-order valence-electron chi connectivity index (χ1n) is 14.4. The van der Waals surface area contributed by atoms with E-state index < -0.39 is 17.8 Å². The van der Waals surface area contributed by atoms with Crippen molar-refractivity contribution in [2.24, 2.45) is 17.8 Å². The van der Waals surface area contributed by atoms with E-state index in [0.717, 1.165) is 28.2 Å². The third-order valence-electron chi connectivity index (χ3n) is 9.40. The van der Waals surface area contributed by atoms with Crippen LogP contribution in [0.15, 0.2) is 78.4 Å². The molecule has 5 fully saturated rings. The maximum atomic E-state index is 13.6. The summed E-state index contributed by atoms with van der Waals surface area (Å²) in [6.07, 6.45) is 9.32. The van der Waals surface area contributed by atoms with E-state index in [1.54, 1.807) is 30.3 Å². The number of barbiturate groups is 1. The summed E-state index contributed by atoms with van der Waals surface area (Å²) in [5.41, 5.74) is 3.34. The SMILES string of the molecule is O=C1NC(=O)N(c2ccc(C34CC5CC(CC(C5)C3)C4)cc2)C(=O)/C1=C/c1ccccc1OCc1ccc(Cl)cc1. The van der Waals surface area contributed by atoms with Crippen molar-refractivity contribution in [1.82, 2.24) is 5.32 Å². The van der Waals surface area contributed by atoms with Gasteiger partial charge in [0.1, 0.15) is 17.9 Å². The van der Waals surface area contributed by atoms with Gasteiger partial charge in [-0.3, -0.25) is 14.9 Å². The second kappa shape index (κ2) is 10.2. The van der Waals surface area contributed by atoms with Crippen molar-refractivity contribution in [3.05, 3.63) is 100 Å². The lowest BCUT2D eigenvalue weighted by atomic mass is 9.48. The first-order valence-corrected chi connectivity index (χ1v) is 14.7. The number of ether oxygens (including phenoxy) is 1. The molecule has 4 bridgehead atoms. The highest BCUT2D eigenvalue weighted by atomic mass is 35.5. The third-order valence-corrected chi connectivity index (χ3v) is 9.66. The molecule has 4 aliphatic carbocycles. The molecule has 208 valence electrons. The van der Waals surface area contributed by atoms with E-state index in [1.165, 1.54) is 50.2 Å².